The Kier molecular flexibility index (Phi) is 3.89. The van der Waals surface area contributed by atoms with Gasteiger partial charge in [-0.3, -0.25) is 0 Å². The number of carboxylic acid groups (broad SMARTS) is 1. The highest BCUT2D eigenvalue weighted by atomic mass is 32.2. The van der Waals surface area contributed by atoms with Gasteiger partial charge in [-0.05, 0) is 13.0 Å². The van der Waals surface area contributed by atoms with Crippen LogP contribution >= 0.6 is 11.8 Å². The van der Waals surface area contributed by atoms with E-state index in [1.165, 1.54) is 12.1 Å². The first-order chi connectivity index (χ1) is 8.91. The molecule has 1 aliphatic rings. The molecule has 1 fully saturated rings. The third-order valence-corrected chi connectivity index (χ3v) is 4.88. The van der Waals surface area contributed by atoms with Gasteiger partial charge in [0.2, 0.25) is 0 Å². The predicted octanol–water partition coefficient (Wildman–Crippen LogP) is 2.44. The maximum atomic E-state index is 13.8. The Bertz CT molecular complexity index is 510. The summed E-state index contributed by atoms with van der Waals surface area (Å²) in [5.41, 5.74) is 6.40. The van der Waals surface area contributed by atoms with Gasteiger partial charge >= 0.3 is 5.97 Å². The topological polar surface area (TPSA) is 66.6 Å². The lowest BCUT2D eigenvalue weighted by molar-refractivity contribution is 0.0692. The number of thioether (sulfide) groups is 1. The van der Waals surface area contributed by atoms with Gasteiger partial charge in [0.05, 0.1) is 16.9 Å². The number of nitrogens with zero attached hydrogens (tertiary/aromatic N) is 1. The molecular formula is C13H17FN2O2S. The van der Waals surface area contributed by atoms with Crippen molar-refractivity contribution in [2.75, 3.05) is 22.9 Å². The molecule has 0 amide bonds. The average molecular weight is 284 g/mol. The summed E-state index contributed by atoms with van der Waals surface area (Å²) in [5.74, 6) is -1.09. The van der Waals surface area contributed by atoms with Crippen LogP contribution in [0.1, 0.15) is 24.2 Å². The van der Waals surface area contributed by atoms with Gasteiger partial charge in [-0.1, -0.05) is 6.92 Å². The minimum atomic E-state index is -1.30. The number of rotatable bonds is 2. The molecule has 0 saturated carbocycles. The van der Waals surface area contributed by atoms with Crippen molar-refractivity contribution in [3.05, 3.63) is 23.5 Å². The Balaban J connectivity index is 2.40. The lowest BCUT2D eigenvalue weighted by Gasteiger charge is -2.39. The van der Waals surface area contributed by atoms with E-state index in [1.54, 1.807) is 0 Å². The second kappa shape index (κ2) is 5.28. The van der Waals surface area contributed by atoms with Crippen molar-refractivity contribution in [1.82, 2.24) is 0 Å². The van der Waals surface area contributed by atoms with Crippen LogP contribution < -0.4 is 10.6 Å². The molecule has 1 aromatic rings. The molecule has 2 unspecified atom stereocenters. The number of hydrogen-bond donors (Lipinski definition) is 2. The summed E-state index contributed by atoms with van der Waals surface area (Å²) in [5, 5.41) is 9.30. The van der Waals surface area contributed by atoms with E-state index in [1.807, 2.05) is 16.7 Å². The van der Waals surface area contributed by atoms with E-state index < -0.39 is 11.8 Å². The molecule has 19 heavy (non-hydrogen) atoms. The maximum absolute atomic E-state index is 13.8. The number of anilines is 2. The van der Waals surface area contributed by atoms with Crippen LogP contribution in [0.15, 0.2) is 12.1 Å². The molecule has 1 saturated heterocycles. The summed E-state index contributed by atoms with van der Waals surface area (Å²) in [4.78, 5) is 12.9. The van der Waals surface area contributed by atoms with Crippen LogP contribution in [-0.2, 0) is 0 Å². The first-order valence-corrected chi connectivity index (χ1v) is 7.17. The van der Waals surface area contributed by atoms with Gasteiger partial charge in [0.1, 0.15) is 5.82 Å². The molecule has 104 valence electrons. The lowest BCUT2D eigenvalue weighted by atomic mass is 10.1. The largest absolute Gasteiger partial charge is 0.478 e. The molecule has 0 radical (unpaired) electrons. The molecule has 0 aromatic heterocycles. The fourth-order valence-electron chi connectivity index (χ4n) is 2.27. The van der Waals surface area contributed by atoms with Crippen molar-refractivity contribution in [2.24, 2.45) is 0 Å². The van der Waals surface area contributed by atoms with E-state index >= 15 is 0 Å². The van der Waals surface area contributed by atoms with Gasteiger partial charge in [-0.2, -0.15) is 11.8 Å². The van der Waals surface area contributed by atoms with Crippen molar-refractivity contribution >= 4 is 29.1 Å². The van der Waals surface area contributed by atoms with E-state index in [-0.39, 0.29) is 11.6 Å². The smallest absolute Gasteiger partial charge is 0.338 e. The Labute approximate surface area is 115 Å². The van der Waals surface area contributed by atoms with Crippen molar-refractivity contribution < 1.29 is 14.3 Å². The molecule has 0 spiro atoms. The summed E-state index contributed by atoms with van der Waals surface area (Å²) in [6.45, 7) is 4.98. The molecular weight excluding hydrogens is 267 g/mol. The number of halogens is 1. The minimum absolute atomic E-state index is 0.233. The monoisotopic (exact) mass is 284 g/mol. The van der Waals surface area contributed by atoms with Crippen molar-refractivity contribution in [2.45, 2.75) is 25.1 Å². The number of hydrogen-bond acceptors (Lipinski definition) is 4. The van der Waals surface area contributed by atoms with Crippen LogP contribution in [0.2, 0.25) is 0 Å². The summed E-state index contributed by atoms with van der Waals surface area (Å²) < 4.78 is 13.8. The van der Waals surface area contributed by atoms with E-state index in [4.69, 9.17) is 10.8 Å². The van der Waals surface area contributed by atoms with Crippen molar-refractivity contribution in [3.8, 4) is 0 Å². The van der Waals surface area contributed by atoms with Crippen LogP contribution in [-0.4, -0.2) is 34.7 Å². The average Bonchev–Trinajstić information content (AvgIpc) is 2.35. The van der Waals surface area contributed by atoms with Gasteiger partial charge in [0.15, 0.2) is 0 Å². The number of benzene rings is 1. The van der Waals surface area contributed by atoms with Gasteiger partial charge in [-0.25, -0.2) is 9.18 Å². The molecule has 2 atom stereocenters. The Morgan fingerprint density at radius 3 is 2.84 bits per heavy atom. The third-order valence-electron chi connectivity index (χ3n) is 3.54. The molecule has 2 rings (SSSR count). The second-order valence-electron chi connectivity index (χ2n) is 4.71. The summed E-state index contributed by atoms with van der Waals surface area (Å²) >= 11 is 1.87. The Hall–Kier alpha value is -1.43. The van der Waals surface area contributed by atoms with Gasteiger partial charge in [-0.15, -0.1) is 0 Å². The molecule has 1 heterocycles. The zero-order valence-corrected chi connectivity index (χ0v) is 11.7. The van der Waals surface area contributed by atoms with Crippen LogP contribution in [0.3, 0.4) is 0 Å². The number of carbonyl (C=O) groups is 1. The standard InChI is InChI=1S/C13H17FN2O2S/c1-7-8(2)19-4-3-16(7)12-6-10(14)9(13(17)18)5-11(12)15/h5-8H,3-4,15H2,1-2H3,(H,17,18). The van der Waals surface area contributed by atoms with Crippen LogP contribution in [0, 0.1) is 5.82 Å². The maximum Gasteiger partial charge on any atom is 0.338 e. The zero-order valence-electron chi connectivity index (χ0n) is 10.9. The summed E-state index contributed by atoms with van der Waals surface area (Å²) in [6.07, 6.45) is 0. The highest BCUT2D eigenvalue weighted by Crippen LogP contribution is 2.33. The number of nitrogens with two attached hydrogens (primary N) is 1. The van der Waals surface area contributed by atoms with E-state index in [2.05, 4.69) is 13.8 Å². The fraction of sp³-hybridized carbons (Fsp3) is 0.462. The molecule has 1 aromatic carbocycles. The van der Waals surface area contributed by atoms with Gasteiger partial charge in [0.25, 0.3) is 0 Å². The molecule has 0 aliphatic carbocycles. The van der Waals surface area contributed by atoms with Crippen LogP contribution in [0.5, 0.6) is 0 Å². The fourth-order valence-corrected chi connectivity index (χ4v) is 3.36. The highest BCUT2D eigenvalue weighted by molar-refractivity contribution is 8.00. The van der Waals surface area contributed by atoms with E-state index in [0.717, 1.165) is 12.3 Å². The molecule has 0 bridgehead atoms. The molecule has 6 heteroatoms. The van der Waals surface area contributed by atoms with E-state index in [9.17, 15) is 9.18 Å². The number of aromatic carboxylic acids is 1. The Morgan fingerprint density at radius 1 is 1.53 bits per heavy atom. The first kappa shape index (κ1) is 14.0. The number of carboxylic acids is 1. The van der Waals surface area contributed by atoms with Crippen LogP contribution in [0.4, 0.5) is 15.8 Å². The van der Waals surface area contributed by atoms with Crippen LogP contribution in [0.25, 0.3) is 0 Å². The lowest BCUT2D eigenvalue weighted by Crippen LogP contribution is -2.45. The predicted molar refractivity (Wildman–Crippen MR) is 76.5 cm³/mol. The van der Waals surface area contributed by atoms with Gasteiger partial charge in [0, 0.05) is 29.7 Å². The summed E-state index contributed by atoms with van der Waals surface area (Å²) in [7, 11) is 0. The SMILES string of the molecule is CC1SCCN(c2cc(F)c(C(=O)O)cc2N)C1C. The van der Waals surface area contributed by atoms with E-state index in [0.29, 0.717) is 16.6 Å². The summed E-state index contributed by atoms with van der Waals surface area (Å²) in [6, 6.07) is 2.67. The van der Waals surface area contributed by atoms with Crippen molar-refractivity contribution in [3.63, 3.8) is 0 Å². The zero-order chi connectivity index (χ0) is 14.2. The Morgan fingerprint density at radius 2 is 2.21 bits per heavy atom. The quantitative estimate of drug-likeness (QED) is 0.817. The van der Waals surface area contributed by atoms with Crippen molar-refractivity contribution in [1.29, 1.82) is 0 Å². The molecule has 3 N–H and O–H groups in total. The normalized spacial score (nSPS) is 23.4. The second-order valence-corrected chi connectivity index (χ2v) is 6.19. The third kappa shape index (κ3) is 2.63. The minimum Gasteiger partial charge on any atom is -0.478 e. The number of nitrogen functional groups attached to an aromatic ring is 1. The molecule has 4 nitrogen and oxygen atoms in total. The molecule has 1 aliphatic heterocycles. The highest BCUT2D eigenvalue weighted by Gasteiger charge is 2.27. The van der Waals surface area contributed by atoms with Gasteiger partial charge < -0.3 is 15.7 Å². The first-order valence-electron chi connectivity index (χ1n) is 6.12.